The molecule has 1 aromatic carbocycles. The van der Waals surface area contributed by atoms with Gasteiger partial charge in [-0.25, -0.2) is 0 Å². The molecule has 0 spiro atoms. The molecule has 30 heavy (non-hydrogen) atoms. The van der Waals surface area contributed by atoms with E-state index in [4.69, 9.17) is 14.7 Å². The Kier molecular flexibility index (Phi) is 5.18. The molecule has 2 N–H and O–H groups in total. The van der Waals surface area contributed by atoms with E-state index in [1.54, 1.807) is 7.11 Å². The zero-order chi connectivity index (χ0) is 20.5. The number of piperazine rings is 2. The van der Waals surface area contributed by atoms with Gasteiger partial charge in [-0.05, 0) is 17.7 Å². The van der Waals surface area contributed by atoms with E-state index in [-0.39, 0.29) is 0 Å². The Morgan fingerprint density at radius 2 is 1.50 bits per heavy atom. The van der Waals surface area contributed by atoms with Crippen molar-refractivity contribution >= 4 is 22.8 Å². The normalized spacial score (nSPS) is 17.5. The summed E-state index contributed by atoms with van der Waals surface area (Å²) in [6.45, 7) is 7.64. The van der Waals surface area contributed by atoms with Crippen molar-refractivity contribution in [3.05, 3.63) is 30.5 Å². The van der Waals surface area contributed by atoms with Crippen LogP contribution in [0.15, 0.2) is 30.5 Å². The molecule has 2 aliphatic rings. The van der Waals surface area contributed by atoms with Gasteiger partial charge in [-0.15, -0.1) is 0 Å². The van der Waals surface area contributed by atoms with Gasteiger partial charge in [0.05, 0.1) is 12.5 Å². The molecule has 0 atom stereocenters. The summed E-state index contributed by atoms with van der Waals surface area (Å²) >= 11 is 0. The van der Waals surface area contributed by atoms with Crippen molar-refractivity contribution in [1.29, 1.82) is 0 Å². The lowest BCUT2D eigenvalue weighted by Crippen LogP contribution is -2.45. The van der Waals surface area contributed by atoms with Crippen molar-refractivity contribution in [2.75, 3.05) is 69.3 Å². The third-order valence-corrected chi connectivity index (χ3v) is 6.00. The topological polar surface area (TPSA) is 70.5 Å². The van der Waals surface area contributed by atoms with Gasteiger partial charge in [0.2, 0.25) is 5.95 Å². The number of hydrogen-bond acceptors (Lipinski definition) is 7. The average molecular weight is 408 g/mol. The second kappa shape index (κ2) is 8.12. The average Bonchev–Trinajstić information content (AvgIpc) is 3.16. The molecule has 0 radical (unpaired) electrons. The Labute approximate surface area is 176 Å². The Bertz CT molecular complexity index is 1020. The smallest absolute Gasteiger partial charge is 0.229 e. The Balaban J connectivity index is 1.67. The van der Waals surface area contributed by atoms with E-state index in [1.807, 2.05) is 12.1 Å². The molecule has 2 aliphatic heterocycles. The lowest BCUT2D eigenvalue weighted by atomic mass is 10.1. The number of nitrogens with zero attached hydrogens (tertiary/aromatic N) is 5. The minimum absolute atomic E-state index is 0.833. The van der Waals surface area contributed by atoms with Gasteiger partial charge < -0.3 is 29.7 Å². The molecule has 0 bridgehead atoms. The van der Waals surface area contributed by atoms with Crippen molar-refractivity contribution in [3.8, 4) is 16.9 Å². The SMILES string of the molecule is COc1ccc(-c2cn(C)c3nc(N4CCNCC4)nc(N4CCNCC4)c23)cc1. The van der Waals surface area contributed by atoms with Crippen molar-refractivity contribution in [2.24, 2.45) is 7.05 Å². The standard InChI is InChI=1S/C22H29N7O/c1-27-15-18(16-3-5-17(30-2)6-4-16)19-20(27)25-22(29-13-9-24-10-14-29)26-21(19)28-11-7-23-8-12-28/h3-6,15,23-24H,7-14H2,1-2H3. The molecule has 8 heteroatoms. The summed E-state index contributed by atoms with van der Waals surface area (Å²) in [6.07, 6.45) is 2.17. The van der Waals surface area contributed by atoms with Gasteiger partial charge in [-0.2, -0.15) is 9.97 Å². The quantitative estimate of drug-likeness (QED) is 0.679. The predicted molar refractivity (Wildman–Crippen MR) is 121 cm³/mol. The molecule has 158 valence electrons. The first-order valence-electron chi connectivity index (χ1n) is 10.7. The number of methoxy groups -OCH3 is 1. The minimum Gasteiger partial charge on any atom is -0.497 e. The van der Waals surface area contributed by atoms with Crippen LogP contribution in [0.3, 0.4) is 0 Å². The van der Waals surface area contributed by atoms with Crippen LogP contribution in [0.2, 0.25) is 0 Å². The molecular formula is C22H29N7O. The first-order valence-corrected chi connectivity index (χ1v) is 10.7. The monoisotopic (exact) mass is 407 g/mol. The summed E-state index contributed by atoms with van der Waals surface area (Å²) in [4.78, 5) is 14.8. The predicted octanol–water partition coefficient (Wildman–Crippen LogP) is 1.46. The van der Waals surface area contributed by atoms with Gasteiger partial charge in [0.1, 0.15) is 17.2 Å². The first kappa shape index (κ1) is 19.1. The van der Waals surface area contributed by atoms with Gasteiger partial charge in [0.15, 0.2) is 0 Å². The van der Waals surface area contributed by atoms with Gasteiger partial charge in [-0.1, -0.05) is 12.1 Å². The summed E-state index contributed by atoms with van der Waals surface area (Å²) in [7, 11) is 3.77. The molecule has 3 aromatic rings. The second-order valence-corrected chi connectivity index (χ2v) is 7.90. The maximum absolute atomic E-state index is 5.34. The fourth-order valence-corrected chi connectivity index (χ4v) is 4.34. The Morgan fingerprint density at radius 1 is 0.867 bits per heavy atom. The van der Waals surface area contributed by atoms with Gasteiger partial charge in [0, 0.05) is 71.2 Å². The van der Waals surface area contributed by atoms with Crippen LogP contribution in [0.5, 0.6) is 5.75 Å². The molecule has 2 saturated heterocycles. The van der Waals surface area contributed by atoms with Crippen LogP contribution in [-0.4, -0.2) is 74.0 Å². The molecule has 0 saturated carbocycles. The minimum atomic E-state index is 0.833. The maximum Gasteiger partial charge on any atom is 0.229 e. The van der Waals surface area contributed by atoms with E-state index in [0.717, 1.165) is 92.0 Å². The van der Waals surface area contributed by atoms with Crippen molar-refractivity contribution in [1.82, 2.24) is 25.2 Å². The fraction of sp³-hybridized carbons (Fsp3) is 0.455. The number of hydrogen-bond donors (Lipinski definition) is 2. The number of nitrogens with one attached hydrogen (secondary N) is 2. The van der Waals surface area contributed by atoms with E-state index < -0.39 is 0 Å². The highest BCUT2D eigenvalue weighted by Crippen LogP contribution is 2.37. The second-order valence-electron chi connectivity index (χ2n) is 7.90. The third kappa shape index (κ3) is 3.46. The van der Waals surface area contributed by atoms with Crippen molar-refractivity contribution in [3.63, 3.8) is 0 Å². The number of rotatable bonds is 4. The summed E-state index contributed by atoms with van der Waals surface area (Å²) < 4.78 is 7.48. The van der Waals surface area contributed by atoms with Gasteiger partial charge in [-0.3, -0.25) is 0 Å². The van der Waals surface area contributed by atoms with E-state index in [0.29, 0.717) is 0 Å². The third-order valence-electron chi connectivity index (χ3n) is 6.00. The molecule has 0 unspecified atom stereocenters. The zero-order valence-electron chi connectivity index (χ0n) is 17.7. The molecule has 2 fully saturated rings. The number of fused-ring (bicyclic) bond motifs is 1. The van der Waals surface area contributed by atoms with E-state index in [2.05, 4.69) is 50.4 Å². The summed E-state index contributed by atoms with van der Waals surface area (Å²) in [5.41, 5.74) is 3.30. The highest BCUT2D eigenvalue weighted by atomic mass is 16.5. The van der Waals surface area contributed by atoms with Crippen LogP contribution in [0.25, 0.3) is 22.2 Å². The van der Waals surface area contributed by atoms with Gasteiger partial charge in [0.25, 0.3) is 0 Å². The lowest BCUT2D eigenvalue weighted by molar-refractivity contribution is 0.415. The number of benzene rings is 1. The van der Waals surface area contributed by atoms with Crippen molar-refractivity contribution < 1.29 is 4.74 Å². The molecule has 0 amide bonds. The van der Waals surface area contributed by atoms with Crippen LogP contribution in [0.4, 0.5) is 11.8 Å². The van der Waals surface area contributed by atoms with Crippen LogP contribution < -0.4 is 25.2 Å². The van der Waals surface area contributed by atoms with Crippen LogP contribution in [0, 0.1) is 0 Å². The van der Waals surface area contributed by atoms with Crippen molar-refractivity contribution in [2.45, 2.75) is 0 Å². The highest BCUT2D eigenvalue weighted by Gasteiger charge is 2.24. The highest BCUT2D eigenvalue weighted by molar-refractivity contribution is 6.02. The van der Waals surface area contributed by atoms with Crippen LogP contribution in [0.1, 0.15) is 0 Å². The molecule has 5 rings (SSSR count). The van der Waals surface area contributed by atoms with E-state index in [1.165, 1.54) is 0 Å². The lowest BCUT2D eigenvalue weighted by Gasteiger charge is -2.32. The summed E-state index contributed by atoms with van der Waals surface area (Å²) in [6, 6.07) is 8.24. The molecule has 2 aromatic heterocycles. The van der Waals surface area contributed by atoms with E-state index in [9.17, 15) is 0 Å². The molecule has 0 aliphatic carbocycles. The Hall–Kier alpha value is -2.84. The molecule has 4 heterocycles. The largest absolute Gasteiger partial charge is 0.497 e. The first-order chi connectivity index (χ1) is 14.7. The van der Waals surface area contributed by atoms with E-state index >= 15 is 0 Å². The summed E-state index contributed by atoms with van der Waals surface area (Å²) in [5, 5.41) is 7.99. The van der Waals surface area contributed by atoms with Crippen LogP contribution in [-0.2, 0) is 7.05 Å². The number of ether oxygens (including phenoxy) is 1. The molecular weight excluding hydrogens is 378 g/mol. The fourth-order valence-electron chi connectivity index (χ4n) is 4.34. The number of aryl methyl sites for hydroxylation is 1. The zero-order valence-corrected chi connectivity index (χ0v) is 17.7. The molecule has 8 nitrogen and oxygen atoms in total. The Morgan fingerprint density at radius 3 is 2.13 bits per heavy atom. The number of anilines is 2. The van der Waals surface area contributed by atoms with Crippen LogP contribution >= 0.6 is 0 Å². The number of aromatic nitrogens is 3. The maximum atomic E-state index is 5.34. The van der Waals surface area contributed by atoms with Gasteiger partial charge >= 0.3 is 0 Å². The summed E-state index contributed by atoms with van der Waals surface area (Å²) in [5.74, 6) is 2.74.